The fourth-order valence-electron chi connectivity index (χ4n) is 5.28. The second-order valence-corrected chi connectivity index (χ2v) is 11.2. The molecule has 10 nitrogen and oxygen atoms in total. The van der Waals surface area contributed by atoms with Crippen LogP contribution in [0.5, 0.6) is 0 Å². The number of hydrogen-bond acceptors (Lipinski definition) is 10. The Balaban J connectivity index is 1.40. The molecular weight excluding hydrogens is 478 g/mol. The lowest BCUT2D eigenvalue weighted by molar-refractivity contribution is -0.136. The molecule has 0 spiro atoms. The summed E-state index contributed by atoms with van der Waals surface area (Å²) in [5.41, 5.74) is 1.37. The predicted molar refractivity (Wildman–Crippen MR) is 141 cm³/mol. The molecule has 0 bridgehead atoms. The summed E-state index contributed by atoms with van der Waals surface area (Å²) < 4.78 is 5.03. The Kier molecular flexibility index (Phi) is 9.10. The number of thiazole rings is 1. The third kappa shape index (κ3) is 6.50. The first-order valence-corrected chi connectivity index (χ1v) is 13.6. The van der Waals surface area contributed by atoms with Crippen LogP contribution < -0.4 is 5.32 Å². The van der Waals surface area contributed by atoms with Crippen molar-refractivity contribution in [2.75, 3.05) is 73.1 Å². The summed E-state index contributed by atoms with van der Waals surface area (Å²) in [5.74, 6) is 0.965. The molecule has 2 fully saturated rings. The molecule has 3 aliphatic heterocycles. The van der Waals surface area contributed by atoms with E-state index < -0.39 is 0 Å². The van der Waals surface area contributed by atoms with Gasteiger partial charge >= 0.3 is 5.97 Å². The highest BCUT2D eigenvalue weighted by Gasteiger charge is 2.33. The fourth-order valence-corrected chi connectivity index (χ4v) is 5.88. The number of rotatable bonds is 10. The van der Waals surface area contributed by atoms with Gasteiger partial charge in [0.1, 0.15) is 0 Å². The SMILES string of the molecule is COC(=O)C1=C(CN2CCN(C)C(CN(C=O)C3CCN(CC(C)C)C3)C2)NC(c2nccs2)=NC1. The predicted octanol–water partition coefficient (Wildman–Crippen LogP) is 0.725. The molecule has 11 heteroatoms. The van der Waals surface area contributed by atoms with Gasteiger partial charge in [-0.05, 0) is 19.4 Å². The first-order valence-electron chi connectivity index (χ1n) is 12.8. The first-order chi connectivity index (χ1) is 17.4. The van der Waals surface area contributed by atoms with Gasteiger partial charge in [0.2, 0.25) is 6.41 Å². The molecule has 0 aliphatic carbocycles. The molecule has 36 heavy (non-hydrogen) atoms. The number of likely N-dealkylation sites (N-methyl/N-ethyl adjacent to an activating group) is 1. The number of hydrogen-bond donors (Lipinski definition) is 1. The molecule has 0 saturated carbocycles. The summed E-state index contributed by atoms with van der Waals surface area (Å²) >= 11 is 1.51. The third-order valence-electron chi connectivity index (χ3n) is 7.24. The maximum Gasteiger partial charge on any atom is 0.337 e. The summed E-state index contributed by atoms with van der Waals surface area (Å²) in [6, 6.07) is 0.497. The summed E-state index contributed by atoms with van der Waals surface area (Å²) in [5, 5.41) is 6.08. The van der Waals surface area contributed by atoms with Crippen LogP contribution in [0.4, 0.5) is 0 Å². The number of amidine groups is 1. The molecule has 198 valence electrons. The van der Waals surface area contributed by atoms with Gasteiger partial charge in [0.25, 0.3) is 0 Å². The van der Waals surface area contributed by atoms with Gasteiger partial charge in [0.15, 0.2) is 10.8 Å². The first kappa shape index (κ1) is 26.7. The molecule has 1 aromatic rings. The van der Waals surface area contributed by atoms with Gasteiger partial charge in [0, 0.05) is 81.7 Å². The van der Waals surface area contributed by atoms with Crippen molar-refractivity contribution in [3.05, 3.63) is 27.9 Å². The van der Waals surface area contributed by atoms with E-state index in [9.17, 15) is 9.59 Å². The van der Waals surface area contributed by atoms with Crippen LogP contribution in [-0.4, -0.2) is 128 Å². The van der Waals surface area contributed by atoms with E-state index in [1.807, 2.05) is 10.3 Å². The van der Waals surface area contributed by atoms with E-state index >= 15 is 0 Å². The highest BCUT2D eigenvalue weighted by atomic mass is 32.1. The average Bonchev–Trinajstić information content (AvgIpc) is 3.56. The maximum absolute atomic E-state index is 12.5. The average molecular weight is 518 g/mol. The van der Waals surface area contributed by atoms with Gasteiger partial charge in [0.05, 0.1) is 19.2 Å². The Morgan fingerprint density at radius 2 is 2.14 bits per heavy atom. The number of aliphatic imine (C=N–C) groups is 1. The summed E-state index contributed by atoms with van der Waals surface area (Å²) in [7, 11) is 3.54. The van der Waals surface area contributed by atoms with Crippen molar-refractivity contribution in [3.8, 4) is 0 Å². The van der Waals surface area contributed by atoms with Crippen molar-refractivity contribution in [3.63, 3.8) is 0 Å². The van der Waals surface area contributed by atoms with Gasteiger partial charge in [-0.3, -0.25) is 19.6 Å². The number of amides is 1. The Hall–Kier alpha value is -2.34. The van der Waals surface area contributed by atoms with Crippen LogP contribution in [0.15, 0.2) is 27.8 Å². The molecule has 4 heterocycles. The van der Waals surface area contributed by atoms with Gasteiger partial charge < -0.3 is 19.9 Å². The zero-order valence-electron chi connectivity index (χ0n) is 21.9. The number of methoxy groups -OCH3 is 1. The van der Waals surface area contributed by atoms with Crippen molar-refractivity contribution in [2.45, 2.75) is 32.4 Å². The molecule has 0 aromatic carbocycles. The van der Waals surface area contributed by atoms with Crippen molar-refractivity contribution in [2.24, 2.45) is 10.9 Å². The zero-order valence-corrected chi connectivity index (χ0v) is 22.7. The molecule has 2 saturated heterocycles. The van der Waals surface area contributed by atoms with Crippen LogP contribution in [0.25, 0.3) is 0 Å². The number of piperazine rings is 1. The maximum atomic E-state index is 12.5. The van der Waals surface area contributed by atoms with E-state index in [1.165, 1.54) is 18.4 Å². The van der Waals surface area contributed by atoms with Crippen LogP contribution in [-0.2, 0) is 14.3 Å². The van der Waals surface area contributed by atoms with Crippen molar-refractivity contribution in [1.29, 1.82) is 0 Å². The highest BCUT2D eigenvalue weighted by molar-refractivity contribution is 7.11. The van der Waals surface area contributed by atoms with Crippen LogP contribution in [0.2, 0.25) is 0 Å². The zero-order chi connectivity index (χ0) is 25.7. The van der Waals surface area contributed by atoms with Crippen LogP contribution in [0.1, 0.15) is 25.3 Å². The lowest BCUT2D eigenvalue weighted by atomic mass is 10.1. The number of carbonyl (C=O) groups excluding carboxylic acids is 2. The largest absolute Gasteiger partial charge is 0.466 e. The summed E-state index contributed by atoms with van der Waals surface area (Å²) in [4.78, 5) is 42.6. The molecular formula is C25H39N7O3S. The van der Waals surface area contributed by atoms with E-state index in [-0.39, 0.29) is 24.6 Å². The monoisotopic (exact) mass is 517 g/mol. The molecule has 2 atom stereocenters. The Bertz CT molecular complexity index is 965. The highest BCUT2D eigenvalue weighted by Crippen LogP contribution is 2.20. The van der Waals surface area contributed by atoms with Crippen molar-refractivity contribution >= 4 is 29.6 Å². The number of likely N-dealkylation sites (tertiary alicyclic amines) is 1. The van der Waals surface area contributed by atoms with Crippen molar-refractivity contribution < 1.29 is 14.3 Å². The van der Waals surface area contributed by atoms with E-state index in [1.54, 1.807) is 6.20 Å². The van der Waals surface area contributed by atoms with Crippen LogP contribution in [0.3, 0.4) is 0 Å². The van der Waals surface area contributed by atoms with E-state index in [4.69, 9.17) is 4.74 Å². The minimum Gasteiger partial charge on any atom is -0.466 e. The Morgan fingerprint density at radius 1 is 1.31 bits per heavy atom. The Morgan fingerprint density at radius 3 is 2.83 bits per heavy atom. The van der Waals surface area contributed by atoms with E-state index in [0.29, 0.717) is 30.4 Å². The Labute approximate surface area is 218 Å². The molecule has 2 unspecified atom stereocenters. The molecule has 1 aromatic heterocycles. The lowest BCUT2D eigenvalue weighted by Crippen LogP contribution is -2.57. The smallest absolute Gasteiger partial charge is 0.337 e. The standard InChI is InChI=1S/C25H39N7O3S/c1-18(2)12-30-7-5-19(13-30)32(17-33)15-20-14-31(9-8-29(20)3)16-22-21(25(34)35-4)11-27-23(28-22)24-26-6-10-36-24/h6,10,17-20H,5,7-9,11-16H2,1-4H3,(H,27,28). The summed E-state index contributed by atoms with van der Waals surface area (Å²) in [6.45, 7) is 11.7. The van der Waals surface area contributed by atoms with E-state index in [2.05, 4.69) is 50.9 Å². The molecule has 1 N–H and O–H groups in total. The second kappa shape index (κ2) is 12.3. The number of nitrogens with zero attached hydrogens (tertiary/aromatic N) is 6. The number of ether oxygens (including phenoxy) is 1. The molecule has 0 radical (unpaired) electrons. The van der Waals surface area contributed by atoms with E-state index in [0.717, 1.165) is 62.8 Å². The number of esters is 1. The minimum absolute atomic E-state index is 0.223. The minimum atomic E-state index is -0.357. The second-order valence-electron chi connectivity index (χ2n) is 10.3. The molecule has 3 aliphatic rings. The van der Waals surface area contributed by atoms with Gasteiger partial charge in [-0.15, -0.1) is 11.3 Å². The van der Waals surface area contributed by atoms with Gasteiger partial charge in [-0.2, -0.15) is 0 Å². The van der Waals surface area contributed by atoms with Gasteiger partial charge in [-0.1, -0.05) is 13.8 Å². The lowest BCUT2D eigenvalue weighted by Gasteiger charge is -2.42. The van der Waals surface area contributed by atoms with Crippen molar-refractivity contribution in [1.82, 2.24) is 29.9 Å². The summed E-state index contributed by atoms with van der Waals surface area (Å²) in [6.07, 6.45) is 3.82. The molecule has 1 amide bonds. The third-order valence-corrected chi connectivity index (χ3v) is 8.02. The normalized spacial score (nSPS) is 24.1. The topological polar surface area (TPSA) is 93.6 Å². The number of aromatic nitrogens is 1. The quantitative estimate of drug-likeness (QED) is 0.359. The van der Waals surface area contributed by atoms with Gasteiger partial charge in [-0.25, -0.2) is 9.78 Å². The fraction of sp³-hybridized carbons (Fsp3) is 0.680. The van der Waals surface area contributed by atoms with Crippen LogP contribution >= 0.6 is 11.3 Å². The molecule has 4 rings (SSSR count). The van der Waals surface area contributed by atoms with Crippen LogP contribution in [0, 0.1) is 5.92 Å². The number of nitrogens with one attached hydrogen (secondary N) is 1. The number of carbonyl (C=O) groups is 2.